The number of ether oxygens (including phenoxy) is 6. The molecule has 0 spiro atoms. The third-order valence-electron chi connectivity index (χ3n) is 9.18. The Morgan fingerprint density at radius 3 is 2.35 bits per heavy atom. The van der Waals surface area contributed by atoms with E-state index >= 15 is 0 Å². The number of nitrogens with one attached hydrogen (secondary N) is 3. The van der Waals surface area contributed by atoms with Crippen LogP contribution < -0.4 is 35.6 Å². The molecule has 2 aromatic carbocycles. The summed E-state index contributed by atoms with van der Waals surface area (Å²) in [6.07, 6.45) is 3.96. The summed E-state index contributed by atoms with van der Waals surface area (Å²) in [4.78, 5) is 52.6. The first-order valence-electron chi connectivity index (χ1n) is 18.4. The first kappa shape index (κ1) is 42.7. The highest BCUT2D eigenvalue weighted by Gasteiger charge is 2.37. The number of esters is 1. The van der Waals surface area contributed by atoms with Gasteiger partial charge in [0.05, 0.1) is 51.7 Å². The van der Waals surface area contributed by atoms with Crippen LogP contribution in [-0.2, 0) is 35.0 Å². The van der Waals surface area contributed by atoms with Crippen LogP contribution in [0.15, 0.2) is 29.1 Å². The Balaban J connectivity index is 1.58. The van der Waals surface area contributed by atoms with Crippen molar-refractivity contribution in [1.82, 2.24) is 10.6 Å². The van der Waals surface area contributed by atoms with Crippen LogP contribution in [0.4, 0.5) is 5.69 Å². The van der Waals surface area contributed by atoms with E-state index in [0.717, 1.165) is 11.1 Å². The molecule has 298 valence electrons. The van der Waals surface area contributed by atoms with Crippen LogP contribution in [-0.4, -0.2) is 87.3 Å². The van der Waals surface area contributed by atoms with Crippen LogP contribution in [0.3, 0.4) is 0 Å². The molecule has 1 saturated heterocycles. The van der Waals surface area contributed by atoms with Gasteiger partial charge in [0.1, 0.15) is 11.6 Å². The van der Waals surface area contributed by atoms with Gasteiger partial charge in [-0.1, -0.05) is 6.07 Å². The number of aryl methyl sites for hydroxylation is 1. The van der Waals surface area contributed by atoms with Gasteiger partial charge in [-0.25, -0.2) is 0 Å². The van der Waals surface area contributed by atoms with Gasteiger partial charge in [0, 0.05) is 25.5 Å². The summed E-state index contributed by atoms with van der Waals surface area (Å²) in [6, 6.07) is 5.77. The van der Waals surface area contributed by atoms with E-state index in [1.165, 1.54) is 20.1 Å². The Hall–Kier alpha value is -4.01. The zero-order valence-electron chi connectivity index (χ0n) is 33.3. The van der Waals surface area contributed by atoms with Crippen molar-refractivity contribution in [3.05, 3.63) is 45.6 Å². The zero-order chi connectivity index (χ0) is 39.8. The fourth-order valence-electron chi connectivity index (χ4n) is 7.09. The molecule has 1 heterocycles. The molecule has 0 radical (unpaired) electrons. The van der Waals surface area contributed by atoms with E-state index < -0.39 is 23.5 Å². The lowest BCUT2D eigenvalue weighted by atomic mass is 9.95. The molecule has 54 heavy (non-hydrogen) atoms. The molecular weight excluding hydrogens is 715 g/mol. The molecule has 4 atom stereocenters. The second-order valence-corrected chi connectivity index (χ2v) is 16.0. The summed E-state index contributed by atoms with van der Waals surface area (Å²) in [5.41, 5.74) is 2.29. The van der Waals surface area contributed by atoms with Gasteiger partial charge in [-0.15, -0.1) is 0 Å². The van der Waals surface area contributed by atoms with Gasteiger partial charge in [-0.05, 0) is 107 Å². The van der Waals surface area contributed by atoms with Gasteiger partial charge in [0.25, 0.3) is 0 Å². The van der Waals surface area contributed by atoms with Crippen molar-refractivity contribution in [2.24, 2.45) is 0 Å². The van der Waals surface area contributed by atoms with Crippen molar-refractivity contribution >= 4 is 35.2 Å². The monoisotopic (exact) mass is 771 g/mol. The molecule has 3 N–H and O–H groups in total. The minimum Gasteiger partial charge on any atom is -0.493 e. The molecule has 1 fully saturated rings. The maximum atomic E-state index is 14.0. The predicted octanol–water partition coefficient (Wildman–Crippen LogP) is 5.54. The smallest absolute Gasteiger partial charge is 0.308 e. The molecule has 2 amide bonds. The van der Waals surface area contributed by atoms with E-state index in [0.29, 0.717) is 72.8 Å². The number of hydrogen-bond donors (Lipinski definition) is 3. The maximum absolute atomic E-state index is 14.0. The maximum Gasteiger partial charge on any atom is 0.308 e. The molecule has 1 aliphatic heterocycles. The second-order valence-electron chi connectivity index (χ2n) is 15.1. The molecule has 4 rings (SSSR count). The number of methoxy groups -OCH3 is 3. The van der Waals surface area contributed by atoms with Gasteiger partial charge in [0.15, 0.2) is 17.3 Å². The normalized spacial score (nSPS) is 19.6. The van der Waals surface area contributed by atoms with Crippen LogP contribution in [0.25, 0.3) is 11.1 Å². The summed E-state index contributed by atoms with van der Waals surface area (Å²) in [5, 5.41) is 9.28. The first-order chi connectivity index (χ1) is 25.5. The molecule has 0 bridgehead atoms. The average Bonchev–Trinajstić information content (AvgIpc) is 3.31. The lowest BCUT2D eigenvalue weighted by molar-refractivity contribution is -0.300. The summed E-state index contributed by atoms with van der Waals surface area (Å²) in [5.74, 6) is 0.328. The largest absolute Gasteiger partial charge is 0.493 e. The van der Waals surface area contributed by atoms with Crippen molar-refractivity contribution in [3.63, 3.8) is 0 Å². The van der Waals surface area contributed by atoms with Crippen LogP contribution >= 0.6 is 11.8 Å². The third-order valence-corrected chi connectivity index (χ3v) is 9.82. The van der Waals surface area contributed by atoms with Crippen molar-refractivity contribution in [3.8, 4) is 28.4 Å². The first-order valence-corrected chi connectivity index (χ1v) is 19.8. The molecule has 0 saturated carbocycles. The van der Waals surface area contributed by atoms with Crippen LogP contribution in [0.2, 0.25) is 0 Å². The van der Waals surface area contributed by atoms with Gasteiger partial charge in [-0.3, -0.25) is 19.2 Å². The topological polar surface area (TPSA) is 160 Å². The van der Waals surface area contributed by atoms with Gasteiger partial charge >= 0.3 is 5.97 Å². The highest BCUT2D eigenvalue weighted by atomic mass is 32.2. The number of carbonyl (C=O) groups excluding carboxylic acids is 3. The van der Waals surface area contributed by atoms with Gasteiger partial charge < -0.3 is 44.4 Å². The highest BCUT2D eigenvalue weighted by molar-refractivity contribution is 7.98. The number of rotatable bonds is 15. The Morgan fingerprint density at radius 2 is 1.72 bits per heavy atom. The quantitative estimate of drug-likeness (QED) is 0.194. The Labute approximate surface area is 322 Å². The average molecular weight is 772 g/mol. The number of anilines is 1. The van der Waals surface area contributed by atoms with Gasteiger partial charge in [-0.2, -0.15) is 11.8 Å². The molecule has 0 aromatic heterocycles. The number of fused-ring (bicyclic) bond motifs is 3. The van der Waals surface area contributed by atoms with Crippen molar-refractivity contribution in [2.75, 3.05) is 45.2 Å². The van der Waals surface area contributed by atoms with Crippen LogP contribution in [0.5, 0.6) is 17.2 Å². The fraction of sp³-hybridized carbons (Fsp3) is 0.600. The fourth-order valence-corrected chi connectivity index (χ4v) is 7.56. The molecule has 2 aliphatic rings. The summed E-state index contributed by atoms with van der Waals surface area (Å²) < 4.78 is 34.9. The van der Waals surface area contributed by atoms with Crippen LogP contribution in [0.1, 0.15) is 90.8 Å². The van der Waals surface area contributed by atoms with E-state index in [9.17, 15) is 19.2 Å². The summed E-state index contributed by atoms with van der Waals surface area (Å²) in [6.45, 7) is 10.9. The van der Waals surface area contributed by atoms with Gasteiger partial charge in [0.2, 0.25) is 23.0 Å². The highest BCUT2D eigenvalue weighted by Crippen LogP contribution is 2.50. The third kappa shape index (κ3) is 11.3. The summed E-state index contributed by atoms with van der Waals surface area (Å²) in [7, 11) is 4.65. The zero-order valence-corrected chi connectivity index (χ0v) is 34.1. The molecule has 4 unspecified atom stereocenters. The van der Waals surface area contributed by atoms with Crippen molar-refractivity contribution in [2.45, 2.75) is 116 Å². The number of amides is 2. The van der Waals surface area contributed by atoms with E-state index in [1.807, 2.05) is 53.0 Å². The molecule has 14 heteroatoms. The predicted molar refractivity (Wildman–Crippen MR) is 210 cm³/mol. The van der Waals surface area contributed by atoms with Crippen molar-refractivity contribution in [1.29, 1.82) is 0 Å². The van der Waals surface area contributed by atoms with E-state index in [1.54, 1.807) is 32.0 Å². The lowest BCUT2D eigenvalue weighted by Gasteiger charge is -2.41. The number of benzene rings is 1. The SMILES string of the molecule is COc1cc2c(c(OC)c1OC)-c1ccc(NC(CCSC)C(=O)NCCC3CC(CC(=O)OC(C)(C)C)OC(C)(C)O3)c(=O)cc1C(NC(C)=O)CC2. The van der Waals surface area contributed by atoms with E-state index in [4.69, 9.17) is 28.4 Å². The minimum absolute atomic E-state index is 0.106. The Kier molecular flexibility index (Phi) is 14.7. The summed E-state index contributed by atoms with van der Waals surface area (Å²) >= 11 is 1.60. The number of carbonyl (C=O) groups is 3. The Morgan fingerprint density at radius 1 is 1.02 bits per heavy atom. The molecular formula is C40H57N3O10S. The minimum atomic E-state index is -0.908. The second kappa shape index (κ2) is 18.5. The molecule has 2 aromatic rings. The molecule has 13 nitrogen and oxygen atoms in total. The lowest BCUT2D eigenvalue weighted by Crippen LogP contribution is -2.47. The van der Waals surface area contributed by atoms with E-state index in [-0.39, 0.29) is 47.5 Å². The van der Waals surface area contributed by atoms with E-state index in [2.05, 4.69) is 16.0 Å². The Bertz CT molecular complexity index is 1730. The molecule has 1 aliphatic carbocycles. The van der Waals surface area contributed by atoms with Crippen LogP contribution in [0, 0.1) is 0 Å². The van der Waals surface area contributed by atoms with Crippen molar-refractivity contribution < 1.29 is 42.8 Å². The standard InChI is InChI=1S/C40H57N3O10S/c1-23(44)42-29-13-11-24-19-33(48-7)36(49-8)37(50-9)35(24)27-12-14-30(32(45)22-28(27)29)43-31(16-18-54-10)38(47)41-17-15-25-20-26(52-40(5,6)51-25)21-34(46)53-39(2,3)4/h12,14,19,22,25-26,29,31H,11,13,15-18,20-21H2,1-10H3,(H,41,47)(H,42,44)(H,43,45). The number of thioether (sulfide) groups is 1. The number of hydrogen-bond acceptors (Lipinski definition) is 12.